The smallest absolute Gasteiger partial charge is 0.227 e. The fourth-order valence-corrected chi connectivity index (χ4v) is 1.73. The van der Waals surface area contributed by atoms with Crippen LogP contribution in [0.1, 0.15) is 11.4 Å². The van der Waals surface area contributed by atoms with Crippen molar-refractivity contribution < 1.29 is 4.74 Å². The van der Waals surface area contributed by atoms with E-state index in [9.17, 15) is 0 Å². The van der Waals surface area contributed by atoms with Crippen molar-refractivity contribution in [1.82, 2.24) is 9.97 Å². The summed E-state index contributed by atoms with van der Waals surface area (Å²) >= 11 is 0. The third kappa shape index (κ3) is 3.72. The van der Waals surface area contributed by atoms with Crippen LogP contribution in [0.2, 0.25) is 0 Å². The standard InChI is InChI=1S/C13H16N4O.ClH/c1-8-6-9(2)16-13(15-8)17-11-7-10(14)4-5-12(11)18-3;/h4-7H,14H2,1-3H3,(H,15,16,17);1H. The highest BCUT2D eigenvalue weighted by Gasteiger charge is 2.06. The van der Waals surface area contributed by atoms with Crippen LogP contribution in [0, 0.1) is 13.8 Å². The molecule has 5 nitrogen and oxygen atoms in total. The molecule has 0 fully saturated rings. The first kappa shape index (κ1) is 15.0. The predicted octanol–water partition coefficient (Wildman–Crippen LogP) is 2.85. The number of rotatable bonds is 3. The average molecular weight is 281 g/mol. The van der Waals surface area contributed by atoms with Crippen molar-refractivity contribution in [2.24, 2.45) is 0 Å². The molecule has 0 bridgehead atoms. The summed E-state index contributed by atoms with van der Waals surface area (Å²) in [5.41, 5.74) is 8.99. The second-order valence-corrected chi connectivity index (χ2v) is 4.06. The number of anilines is 3. The van der Waals surface area contributed by atoms with E-state index in [0.717, 1.165) is 17.1 Å². The zero-order valence-corrected chi connectivity index (χ0v) is 11.9. The van der Waals surface area contributed by atoms with Gasteiger partial charge < -0.3 is 15.8 Å². The molecule has 6 heteroatoms. The molecule has 0 aliphatic rings. The third-order valence-electron chi connectivity index (χ3n) is 2.45. The van der Waals surface area contributed by atoms with Crippen LogP contribution in [0.3, 0.4) is 0 Å². The van der Waals surface area contributed by atoms with Crippen LogP contribution < -0.4 is 15.8 Å². The van der Waals surface area contributed by atoms with Crippen LogP contribution in [0.4, 0.5) is 17.3 Å². The van der Waals surface area contributed by atoms with E-state index in [2.05, 4.69) is 15.3 Å². The van der Waals surface area contributed by atoms with E-state index in [1.165, 1.54) is 0 Å². The number of nitrogens with zero attached hydrogens (tertiary/aromatic N) is 2. The summed E-state index contributed by atoms with van der Waals surface area (Å²) in [6.07, 6.45) is 0. The maximum Gasteiger partial charge on any atom is 0.227 e. The van der Waals surface area contributed by atoms with Gasteiger partial charge in [-0.25, -0.2) is 9.97 Å². The zero-order chi connectivity index (χ0) is 13.1. The van der Waals surface area contributed by atoms with Gasteiger partial charge in [0.05, 0.1) is 12.8 Å². The quantitative estimate of drug-likeness (QED) is 0.846. The lowest BCUT2D eigenvalue weighted by molar-refractivity contribution is 0.417. The van der Waals surface area contributed by atoms with E-state index in [4.69, 9.17) is 10.5 Å². The van der Waals surface area contributed by atoms with Crippen molar-refractivity contribution in [3.63, 3.8) is 0 Å². The van der Waals surface area contributed by atoms with Crippen LogP contribution in [0.15, 0.2) is 24.3 Å². The molecule has 0 aliphatic heterocycles. The van der Waals surface area contributed by atoms with E-state index < -0.39 is 0 Å². The summed E-state index contributed by atoms with van der Waals surface area (Å²) in [5, 5.41) is 3.12. The van der Waals surface area contributed by atoms with Gasteiger partial charge in [0, 0.05) is 17.1 Å². The Labute approximate surface area is 118 Å². The first-order valence-corrected chi connectivity index (χ1v) is 5.61. The van der Waals surface area contributed by atoms with Gasteiger partial charge in [0.25, 0.3) is 0 Å². The van der Waals surface area contributed by atoms with Crippen molar-refractivity contribution >= 4 is 29.7 Å². The number of hydrogen-bond donors (Lipinski definition) is 2. The van der Waals surface area contributed by atoms with Gasteiger partial charge in [-0.05, 0) is 38.1 Å². The summed E-state index contributed by atoms with van der Waals surface area (Å²) in [5.74, 6) is 1.24. The Morgan fingerprint density at radius 1 is 1.11 bits per heavy atom. The lowest BCUT2D eigenvalue weighted by Crippen LogP contribution is -2.02. The number of halogens is 1. The van der Waals surface area contributed by atoms with Crippen LogP contribution >= 0.6 is 12.4 Å². The van der Waals surface area contributed by atoms with Crippen LogP contribution in [0.25, 0.3) is 0 Å². The Bertz CT molecular complexity index is 554. The minimum Gasteiger partial charge on any atom is -0.495 e. The molecular formula is C13H17ClN4O. The molecule has 0 atom stereocenters. The number of aryl methyl sites for hydroxylation is 2. The van der Waals surface area contributed by atoms with Gasteiger partial charge >= 0.3 is 0 Å². The second-order valence-electron chi connectivity index (χ2n) is 4.06. The molecule has 0 unspecified atom stereocenters. The molecule has 0 amide bonds. The molecule has 0 spiro atoms. The average Bonchev–Trinajstić information content (AvgIpc) is 2.27. The molecule has 0 saturated heterocycles. The number of benzene rings is 1. The Kier molecular flexibility index (Phi) is 4.94. The van der Waals surface area contributed by atoms with E-state index in [1.807, 2.05) is 19.9 Å². The van der Waals surface area contributed by atoms with Crippen molar-refractivity contribution in [2.75, 3.05) is 18.2 Å². The Hall–Kier alpha value is -2.01. The highest BCUT2D eigenvalue weighted by molar-refractivity contribution is 5.85. The topological polar surface area (TPSA) is 73.1 Å². The number of nitrogens with two attached hydrogens (primary N) is 1. The van der Waals surface area contributed by atoms with Crippen molar-refractivity contribution in [2.45, 2.75) is 13.8 Å². The maximum absolute atomic E-state index is 5.76. The molecule has 0 radical (unpaired) electrons. The molecule has 0 saturated carbocycles. The minimum atomic E-state index is 0. The predicted molar refractivity (Wildman–Crippen MR) is 79.4 cm³/mol. The summed E-state index contributed by atoms with van der Waals surface area (Å²) < 4.78 is 5.26. The highest BCUT2D eigenvalue weighted by Crippen LogP contribution is 2.28. The number of ether oxygens (including phenoxy) is 1. The molecule has 19 heavy (non-hydrogen) atoms. The summed E-state index contributed by atoms with van der Waals surface area (Å²) in [4.78, 5) is 8.63. The van der Waals surface area contributed by atoms with Gasteiger partial charge in [-0.1, -0.05) is 0 Å². The first-order chi connectivity index (χ1) is 8.58. The fourth-order valence-electron chi connectivity index (χ4n) is 1.73. The van der Waals surface area contributed by atoms with Crippen LogP contribution in [0.5, 0.6) is 5.75 Å². The number of hydrogen-bond acceptors (Lipinski definition) is 5. The minimum absolute atomic E-state index is 0. The van der Waals surface area contributed by atoms with E-state index >= 15 is 0 Å². The lowest BCUT2D eigenvalue weighted by Gasteiger charge is -2.11. The van der Waals surface area contributed by atoms with Crippen molar-refractivity contribution in [3.8, 4) is 5.75 Å². The molecule has 3 N–H and O–H groups in total. The molecule has 1 aromatic carbocycles. The monoisotopic (exact) mass is 280 g/mol. The maximum atomic E-state index is 5.76. The van der Waals surface area contributed by atoms with E-state index in [0.29, 0.717) is 17.4 Å². The molecule has 1 heterocycles. The molecule has 2 rings (SSSR count). The van der Waals surface area contributed by atoms with Gasteiger partial charge in [0.15, 0.2) is 0 Å². The van der Waals surface area contributed by atoms with Gasteiger partial charge in [-0.2, -0.15) is 0 Å². The second kappa shape index (κ2) is 6.24. The van der Waals surface area contributed by atoms with E-state index in [1.54, 1.807) is 25.3 Å². The van der Waals surface area contributed by atoms with Crippen molar-refractivity contribution in [3.05, 3.63) is 35.7 Å². The highest BCUT2D eigenvalue weighted by atomic mass is 35.5. The zero-order valence-electron chi connectivity index (χ0n) is 11.1. The summed E-state index contributed by atoms with van der Waals surface area (Å²) in [6.45, 7) is 3.85. The van der Waals surface area contributed by atoms with E-state index in [-0.39, 0.29) is 12.4 Å². The molecule has 0 aliphatic carbocycles. The Morgan fingerprint density at radius 2 is 1.74 bits per heavy atom. The molecule has 1 aromatic heterocycles. The third-order valence-corrected chi connectivity index (χ3v) is 2.45. The van der Waals surface area contributed by atoms with Crippen LogP contribution in [-0.4, -0.2) is 17.1 Å². The number of methoxy groups -OCH3 is 1. The number of nitrogens with one attached hydrogen (secondary N) is 1. The number of nitrogen functional groups attached to an aromatic ring is 1. The normalized spacial score (nSPS) is 9.63. The summed E-state index contributed by atoms with van der Waals surface area (Å²) in [6, 6.07) is 7.30. The SMILES string of the molecule is COc1ccc(N)cc1Nc1nc(C)cc(C)n1.Cl. The van der Waals surface area contributed by atoms with Gasteiger partial charge in [-0.15, -0.1) is 12.4 Å². The van der Waals surface area contributed by atoms with Crippen LogP contribution in [-0.2, 0) is 0 Å². The lowest BCUT2D eigenvalue weighted by atomic mass is 10.2. The Morgan fingerprint density at radius 3 is 2.32 bits per heavy atom. The van der Waals surface area contributed by atoms with Gasteiger partial charge in [0.1, 0.15) is 5.75 Å². The fraction of sp³-hybridized carbons (Fsp3) is 0.231. The van der Waals surface area contributed by atoms with Gasteiger partial charge in [-0.3, -0.25) is 0 Å². The Balaban J connectivity index is 0.00000180. The largest absolute Gasteiger partial charge is 0.495 e. The van der Waals surface area contributed by atoms with Gasteiger partial charge in [0.2, 0.25) is 5.95 Å². The molecular weight excluding hydrogens is 264 g/mol. The number of aromatic nitrogens is 2. The molecule has 102 valence electrons. The summed E-state index contributed by atoms with van der Waals surface area (Å²) in [7, 11) is 1.61. The first-order valence-electron chi connectivity index (χ1n) is 5.61. The van der Waals surface area contributed by atoms with Crippen molar-refractivity contribution in [1.29, 1.82) is 0 Å². The molecule has 2 aromatic rings.